The van der Waals surface area contributed by atoms with E-state index in [9.17, 15) is 14.7 Å². The molecule has 0 heterocycles. The maximum Gasteiger partial charge on any atom is 0.255 e. The van der Waals surface area contributed by atoms with Crippen LogP contribution in [0.25, 0.3) is 22.3 Å². The quantitative estimate of drug-likeness (QED) is 0.168. The van der Waals surface area contributed by atoms with E-state index >= 15 is 0 Å². The number of carbonyl (C=O) groups excluding carboxylic acids is 2. The number of aromatic hydroxyl groups is 1. The highest BCUT2D eigenvalue weighted by atomic mass is 16.3. The molecule has 0 aliphatic rings. The van der Waals surface area contributed by atoms with E-state index in [1.54, 1.807) is 24.3 Å². The minimum atomic E-state index is -0.451. The molecule has 0 saturated heterocycles. The molecular weight excluding hydrogens is 488 g/mol. The molecule has 0 spiro atoms. The molecule has 7 N–H and O–H groups in total. The van der Waals surface area contributed by atoms with E-state index < -0.39 is 11.8 Å². The number of anilines is 4. The Morgan fingerprint density at radius 3 is 1.13 bits per heavy atom. The molecule has 0 bridgehead atoms. The van der Waals surface area contributed by atoms with Crippen molar-refractivity contribution in [1.29, 1.82) is 0 Å². The third-order valence-electron chi connectivity index (χ3n) is 6.22. The van der Waals surface area contributed by atoms with Gasteiger partial charge in [0, 0.05) is 33.9 Å². The van der Waals surface area contributed by atoms with Crippen LogP contribution in [0.5, 0.6) is 5.75 Å². The average Bonchev–Trinajstić information content (AvgIpc) is 2.94. The first kappa shape index (κ1) is 25.1. The molecule has 0 aromatic heterocycles. The summed E-state index contributed by atoms with van der Waals surface area (Å²) >= 11 is 0. The van der Waals surface area contributed by atoms with Crippen LogP contribution in [0.1, 0.15) is 20.7 Å². The highest BCUT2D eigenvalue weighted by Gasteiger charge is 2.14. The molecule has 2 amide bonds. The number of nitrogen functional groups attached to an aromatic ring is 2. The molecule has 0 unspecified atom stereocenters. The van der Waals surface area contributed by atoms with Crippen LogP contribution >= 0.6 is 0 Å². The predicted molar refractivity (Wildman–Crippen MR) is 157 cm³/mol. The second-order valence-corrected chi connectivity index (χ2v) is 9.08. The van der Waals surface area contributed by atoms with Crippen molar-refractivity contribution in [3.8, 4) is 28.0 Å². The van der Waals surface area contributed by atoms with Gasteiger partial charge in [0.05, 0.1) is 0 Å². The van der Waals surface area contributed by atoms with E-state index in [2.05, 4.69) is 10.6 Å². The number of hydrogen-bond acceptors (Lipinski definition) is 5. The summed E-state index contributed by atoms with van der Waals surface area (Å²) in [5.74, 6) is -1.09. The second kappa shape index (κ2) is 10.8. The Balaban J connectivity index is 1.26. The third-order valence-corrected chi connectivity index (χ3v) is 6.22. The molecule has 5 aromatic rings. The number of phenols is 1. The van der Waals surface area contributed by atoms with E-state index in [-0.39, 0.29) is 16.9 Å². The molecular formula is C32H26N4O3. The number of nitrogens with two attached hydrogens (primary N) is 2. The molecule has 192 valence electrons. The number of carbonyl (C=O) groups is 2. The molecule has 0 fully saturated rings. The van der Waals surface area contributed by atoms with E-state index in [0.717, 1.165) is 22.3 Å². The summed E-state index contributed by atoms with van der Waals surface area (Å²) in [7, 11) is 0. The van der Waals surface area contributed by atoms with Gasteiger partial charge in [-0.1, -0.05) is 48.5 Å². The lowest BCUT2D eigenvalue weighted by molar-refractivity contribution is 0.102. The van der Waals surface area contributed by atoms with Crippen molar-refractivity contribution in [2.75, 3.05) is 22.1 Å². The zero-order valence-electron chi connectivity index (χ0n) is 20.9. The van der Waals surface area contributed by atoms with Crippen molar-refractivity contribution in [2.45, 2.75) is 0 Å². The highest BCUT2D eigenvalue weighted by molar-refractivity contribution is 6.09. The van der Waals surface area contributed by atoms with Crippen LogP contribution in [0, 0.1) is 0 Å². The van der Waals surface area contributed by atoms with E-state index in [0.29, 0.717) is 22.7 Å². The molecule has 7 heteroatoms. The molecule has 0 aliphatic heterocycles. The van der Waals surface area contributed by atoms with E-state index in [1.807, 2.05) is 72.8 Å². The van der Waals surface area contributed by atoms with Crippen LogP contribution in [-0.4, -0.2) is 16.9 Å². The molecule has 0 atom stereocenters. The molecule has 0 radical (unpaired) electrons. The summed E-state index contributed by atoms with van der Waals surface area (Å²) in [6.45, 7) is 0. The van der Waals surface area contributed by atoms with Crippen molar-refractivity contribution < 1.29 is 14.7 Å². The van der Waals surface area contributed by atoms with Crippen LogP contribution in [0.3, 0.4) is 0 Å². The fourth-order valence-corrected chi connectivity index (χ4v) is 4.12. The lowest BCUT2D eigenvalue weighted by Crippen LogP contribution is -2.15. The smallest absolute Gasteiger partial charge is 0.255 e. The maximum atomic E-state index is 12.9. The molecule has 7 nitrogen and oxygen atoms in total. The fraction of sp³-hybridized carbons (Fsp3) is 0. The average molecular weight is 515 g/mol. The number of phenolic OH excluding ortho intramolecular Hbond substituents is 1. The topological polar surface area (TPSA) is 130 Å². The van der Waals surface area contributed by atoms with Gasteiger partial charge in [-0.15, -0.1) is 0 Å². The Morgan fingerprint density at radius 2 is 0.795 bits per heavy atom. The summed E-state index contributed by atoms with van der Waals surface area (Å²) in [6.07, 6.45) is 0. The van der Waals surface area contributed by atoms with Crippen LogP contribution in [0.15, 0.2) is 115 Å². The first-order valence-corrected chi connectivity index (χ1v) is 12.2. The third kappa shape index (κ3) is 6.06. The van der Waals surface area contributed by atoms with Crippen molar-refractivity contribution >= 4 is 34.6 Å². The molecule has 5 aromatic carbocycles. The van der Waals surface area contributed by atoms with Crippen molar-refractivity contribution in [3.63, 3.8) is 0 Å². The van der Waals surface area contributed by atoms with Gasteiger partial charge < -0.3 is 27.2 Å². The van der Waals surface area contributed by atoms with Crippen LogP contribution in [0.4, 0.5) is 22.7 Å². The van der Waals surface area contributed by atoms with Gasteiger partial charge in [-0.25, -0.2) is 0 Å². The minimum Gasteiger partial charge on any atom is -0.508 e. The normalized spacial score (nSPS) is 10.6. The van der Waals surface area contributed by atoms with Crippen LogP contribution in [0.2, 0.25) is 0 Å². The number of amides is 2. The first-order valence-electron chi connectivity index (χ1n) is 12.2. The van der Waals surface area contributed by atoms with Gasteiger partial charge in [-0.05, 0) is 89.0 Å². The van der Waals surface area contributed by atoms with Gasteiger partial charge in [0.25, 0.3) is 11.8 Å². The largest absolute Gasteiger partial charge is 0.508 e. The highest BCUT2D eigenvalue weighted by Crippen LogP contribution is 2.25. The Bertz CT molecular complexity index is 1510. The van der Waals surface area contributed by atoms with Gasteiger partial charge in [-0.3, -0.25) is 9.59 Å². The van der Waals surface area contributed by atoms with Crippen molar-refractivity contribution in [1.82, 2.24) is 0 Å². The zero-order valence-corrected chi connectivity index (χ0v) is 20.9. The standard InChI is InChI=1S/C32H26N4O3/c33-26-9-1-20(2-10-26)22-5-13-28(14-6-22)35-31(38)24-17-25(19-30(37)18-24)32(39)36-29-15-7-23(8-16-29)21-3-11-27(34)12-4-21/h1-19,37H,33-34H2,(H,35,38)(H,36,39). The number of benzene rings is 5. The Labute approximate surface area is 225 Å². The van der Waals surface area contributed by atoms with Gasteiger partial charge in [-0.2, -0.15) is 0 Å². The Kier molecular flexibility index (Phi) is 6.96. The number of hydrogen-bond donors (Lipinski definition) is 5. The monoisotopic (exact) mass is 514 g/mol. The summed E-state index contributed by atoms with van der Waals surface area (Å²) in [6, 6.07) is 33.8. The van der Waals surface area contributed by atoms with E-state index in [4.69, 9.17) is 11.5 Å². The second-order valence-electron chi connectivity index (χ2n) is 9.08. The lowest BCUT2D eigenvalue weighted by Gasteiger charge is -2.10. The summed E-state index contributed by atoms with van der Waals surface area (Å²) in [4.78, 5) is 25.8. The van der Waals surface area contributed by atoms with Gasteiger partial charge in [0.1, 0.15) is 5.75 Å². The Hall–Kier alpha value is -5.56. The fourth-order valence-electron chi connectivity index (χ4n) is 4.12. The van der Waals surface area contributed by atoms with Gasteiger partial charge >= 0.3 is 0 Å². The van der Waals surface area contributed by atoms with E-state index in [1.165, 1.54) is 18.2 Å². The summed E-state index contributed by atoms with van der Waals surface area (Å²) in [5, 5.41) is 15.8. The van der Waals surface area contributed by atoms with Crippen LogP contribution < -0.4 is 22.1 Å². The maximum absolute atomic E-state index is 12.9. The molecule has 0 aliphatic carbocycles. The molecule has 0 saturated carbocycles. The first-order chi connectivity index (χ1) is 18.8. The predicted octanol–water partition coefficient (Wildman–Crippen LogP) is 6.40. The Morgan fingerprint density at radius 1 is 0.487 bits per heavy atom. The minimum absolute atomic E-state index is 0.154. The zero-order chi connectivity index (χ0) is 27.4. The van der Waals surface area contributed by atoms with Gasteiger partial charge in [0.2, 0.25) is 0 Å². The summed E-state index contributed by atoms with van der Waals surface area (Å²) < 4.78 is 0. The summed E-state index contributed by atoms with van der Waals surface area (Å²) in [5.41, 5.74) is 18.3. The SMILES string of the molecule is Nc1ccc(-c2ccc(NC(=O)c3cc(O)cc(C(=O)Nc4ccc(-c5ccc(N)cc5)cc4)c3)cc2)cc1. The van der Waals surface area contributed by atoms with Crippen molar-refractivity contribution in [3.05, 3.63) is 126 Å². The molecule has 39 heavy (non-hydrogen) atoms. The van der Waals surface area contributed by atoms with Crippen molar-refractivity contribution in [2.24, 2.45) is 0 Å². The number of rotatable bonds is 6. The lowest BCUT2D eigenvalue weighted by atomic mass is 10.0. The van der Waals surface area contributed by atoms with Gasteiger partial charge in [0.15, 0.2) is 0 Å². The number of nitrogens with one attached hydrogen (secondary N) is 2. The molecule has 5 rings (SSSR count). The van der Waals surface area contributed by atoms with Crippen LogP contribution in [-0.2, 0) is 0 Å².